The van der Waals surface area contributed by atoms with Crippen molar-refractivity contribution in [1.29, 1.82) is 0 Å². The van der Waals surface area contributed by atoms with Crippen molar-refractivity contribution >= 4 is 5.95 Å². The molecular weight excluding hydrogens is 309 g/mol. The van der Waals surface area contributed by atoms with Crippen LogP contribution >= 0.6 is 0 Å². The number of likely N-dealkylation sites (N-methyl/N-ethyl adjacent to an activating group) is 1. The Morgan fingerprint density at radius 1 is 1.29 bits per heavy atom. The van der Waals surface area contributed by atoms with Crippen LogP contribution in [0.4, 0.5) is 10.3 Å². The molecule has 0 N–H and O–H groups in total. The quantitative estimate of drug-likeness (QED) is 0.849. The zero-order valence-corrected chi connectivity index (χ0v) is 13.6. The van der Waals surface area contributed by atoms with Gasteiger partial charge in [0.25, 0.3) is 0 Å². The third kappa shape index (κ3) is 2.80. The lowest BCUT2D eigenvalue weighted by Crippen LogP contribution is -2.67. The zero-order valence-electron chi connectivity index (χ0n) is 13.6. The first-order valence-electron chi connectivity index (χ1n) is 8.11. The smallest absolute Gasteiger partial charge is 0.225 e. The molecule has 0 amide bonds. The van der Waals surface area contributed by atoms with E-state index in [1.807, 2.05) is 12.1 Å². The lowest BCUT2D eigenvalue weighted by molar-refractivity contribution is 0.131. The molecule has 0 aliphatic carbocycles. The highest BCUT2D eigenvalue weighted by atomic mass is 19.1. The molecule has 2 fully saturated rings. The average molecular weight is 329 g/mol. The van der Waals surface area contributed by atoms with Crippen LogP contribution < -0.4 is 9.64 Å². The summed E-state index contributed by atoms with van der Waals surface area (Å²) in [5.74, 6) is 1.51. The second kappa shape index (κ2) is 5.98. The molecule has 24 heavy (non-hydrogen) atoms. The van der Waals surface area contributed by atoms with Gasteiger partial charge in [0.2, 0.25) is 5.95 Å². The van der Waals surface area contributed by atoms with Gasteiger partial charge < -0.3 is 9.64 Å². The van der Waals surface area contributed by atoms with E-state index in [4.69, 9.17) is 4.74 Å². The van der Waals surface area contributed by atoms with Crippen molar-refractivity contribution in [2.45, 2.75) is 12.0 Å². The monoisotopic (exact) mass is 329 g/mol. The van der Waals surface area contributed by atoms with Gasteiger partial charge in [-0.15, -0.1) is 0 Å². The standard InChI is InChI=1S/C17H20FN5O/c1-22-9-13(10-24-15-3-2-4-19-8-15)5-17(22)11-23(12-17)16-20-6-14(18)7-21-16/h2-4,6-8,13H,5,9-12H2,1H3. The summed E-state index contributed by atoms with van der Waals surface area (Å²) in [4.78, 5) is 16.7. The fraction of sp³-hybridized carbons (Fsp3) is 0.471. The lowest BCUT2D eigenvalue weighted by atomic mass is 9.85. The number of rotatable bonds is 4. The molecule has 126 valence electrons. The number of ether oxygens (including phenoxy) is 1. The Morgan fingerprint density at radius 3 is 2.79 bits per heavy atom. The van der Waals surface area contributed by atoms with Crippen molar-refractivity contribution in [3.63, 3.8) is 0 Å². The minimum absolute atomic E-state index is 0.153. The molecule has 2 aromatic heterocycles. The molecule has 4 rings (SSSR count). The minimum Gasteiger partial charge on any atom is -0.492 e. The van der Waals surface area contributed by atoms with Crippen LogP contribution in [0.1, 0.15) is 6.42 Å². The minimum atomic E-state index is -0.403. The summed E-state index contributed by atoms with van der Waals surface area (Å²) in [6.45, 7) is 3.46. The number of halogens is 1. The molecule has 0 bridgehead atoms. The molecule has 1 unspecified atom stereocenters. The molecular formula is C17H20FN5O. The zero-order chi connectivity index (χ0) is 16.6. The number of nitrogens with zero attached hydrogens (tertiary/aromatic N) is 5. The molecule has 2 aromatic rings. The van der Waals surface area contributed by atoms with Gasteiger partial charge in [-0.25, -0.2) is 14.4 Å². The van der Waals surface area contributed by atoms with Crippen LogP contribution in [0.25, 0.3) is 0 Å². The Morgan fingerprint density at radius 2 is 2.08 bits per heavy atom. The summed E-state index contributed by atoms with van der Waals surface area (Å²) < 4.78 is 18.8. The maximum atomic E-state index is 12.9. The first-order chi connectivity index (χ1) is 11.6. The predicted octanol–water partition coefficient (Wildman–Crippen LogP) is 1.60. The fourth-order valence-corrected chi connectivity index (χ4v) is 3.74. The molecule has 2 saturated heterocycles. The second-order valence-electron chi connectivity index (χ2n) is 6.73. The van der Waals surface area contributed by atoms with Crippen molar-refractivity contribution in [3.05, 3.63) is 42.7 Å². The normalized spacial score (nSPS) is 22.6. The van der Waals surface area contributed by atoms with Crippen LogP contribution in [0.5, 0.6) is 5.75 Å². The van der Waals surface area contributed by atoms with Crippen LogP contribution in [0, 0.1) is 11.7 Å². The summed E-state index contributed by atoms with van der Waals surface area (Å²) in [6.07, 6.45) is 7.00. The van der Waals surface area contributed by atoms with Crippen LogP contribution in [-0.2, 0) is 0 Å². The predicted molar refractivity (Wildman–Crippen MR) is 87.4 cm³/mol. The van der Waals surface area contributed by atoms with Crippen LogP contribution in [0.3, 0.4) is 0 Å². The van der Waals surface area contributed by atoms with E-state index in [9.17, 15) is 4.39 Å². The number of likely N-dealkylation sites (tertiary alicyclic amines) is 1. The van der Waals surface area contributed by atoms with Gasteiger partial charge in [-0.05, 0) is 25.6 Å². The topological polar surface area (TPSA) is 54.4 Å². The van der Waals surface area contributed by atoms with Gasteiger partial charge in [0, 0.05) is 31.7 Å². The Bertz CT molecular complexity index is 690. The van der Waals surface area contributed by atoms with Crippen molar-refractivity contribution < 1.29 is 9.13 Å². The molecule has 0 saturated carbocycles. The Balaban J connectivity index is 1.34. The second-order valence-corrected chi connectivity index (χ2v) is 6.73. The van der Waals surface area contributed by atoms with Crippen molar-refractivity contribution in [1.82, 2.24) is 19.9 Å². The van der Waals surface area contributed by atoms with Gasteiger partial charge in [0.05, 0.1) is 30.7 Å². The third-order valence-electron chi connectivity index (χ3n) is 4.99. The van der Waals surface area contributed by atoms with Crippen molar-refractivity contribution in [2.24, 2.45) is 5.92 Å². The van der Waals surface area contributed by atoms with E-state index in [2.05, 4.69) is 31.8 Å². The molecule has 2 aliphatic heterocycles. The lowest BCUT2D eigenvalue weighted by Gasteiger charge is -2.51. The Hall–Kier alpha value is -2.28. The summed E-state index contributed by atoms with van der Waals surface area (Å²) in [5.41, 5.74) is 0.153. The highest BCUT2D eigenvalue weighted by molar-refractivity contribution is 5.38. The number of anilines is 1. The maximum Gasteiger partial charge on any atom is 0.225 e. The number of aromatic nitrogens is 3. The fourth-order valence-electron chi connectivity index (χ4n) is 3.74. The average Bonchev–Trinajstić information content (AvgIpc) is 2.90. The number of hydrogen-bond donors (Lipinski definition) is 0. The molecule has 1 atom stereocenters. The first kappa shape index (κ1) is 15.3. The van der Waals surface area contributed by atoms with E-state index in [-0.39, 0.29) is 5.54 Å². The van der Waals surface area contributed by atoms with Gasteiger partial charge in [-0.1, -0.05) is 0 Å². The first-order valence-corrected chi connectivity index (χ1v) is 8.11. The molecule has 1 spiro atoms. The van der Waals surface area contributed by atoms with E-state index in [0.717, 1.165) is 31.8 Å². The third-order valence-corrected chi connectivity index (χ3v) is 4.99. The van der Waals surface area contributed by atoms with E-state index in [0.29, 0.717) is 18.5 Å². The van der Waals surface area contributed by atoms with Crippen LogP contribution in [0.15, 0.2) is 36.9 Å². The van der Waals surface area contributed by atoms with Crippen molar-refractivity contribution in [3.8, 4) is 5.75 Å². The summed E-state index contributed by atoms with van der Waals surface area (Å²) in [6, 6.07) is 3.81. The highest BCUT2D eigenvalue weighted by Gasteiger charge is 2.52. The van der Waals surface area contributed by atoms with Gasteiger partial charge in [0.15, 0.2) is 5.82 Å². The highest BCUT2D eigenvalue weighted by Crippen LogP contribution is 2.40. The molecule has 6 nitrogen and oxygen atoms in total. The van der Waals surface area contributed by atoms with Crippen LogP contribution in [-0.4, -0.2) is 58.7 Å². The van der Waals surface area contributed by atoms with Gasteiger partial charge in [-0.2, -0.15) is 0 Å². The summed E-state index contributed by atoms with van der Waals surface area (Å²) in [7, 11) is 2.16. The summed E-state index contributed by atoms with van der Waals surface area (Å²) in [5, 5.41) is 0. The van der Waals surface area contributed by atoms with Gasteiger partial charge in [0.1, 0.15) is 5.75 Å². The van der Waals surface area contributed by atoms with E-state index < -0.39 is 5.82 Å². The van der Waals surface area contributed by atoms with E-state index >= 15 is 0 Å². The van der Waals surface area contributed by atoms with E-state index in [1.165, 1.54) is 12.4 Å². The number of hydrogen-bond acceptors (Lipinski definition) is 6. The summed E-state index contributed by atoms with van der Waals surface area (Å²) >= 11 is 0. The van der Waals surface area contributed by atoms with E-state index in [1.54, 1.807) is 12.4 Å². The SMILES string of the molecule is CN1CC(COc2cccnc2)CC12CN(c1ncc(F)cn1)C2. The molecule has 0 radical (unpaired) electrons. The number of pyridine rings is 1. The Labute approximate surface area is 140 Å². The Kier molecular flexibility index (Phi) is 3.80. The molecule has 0 aromatic carbocycles. The molecule has 2 aliphatic rings. The molecule has 4 heterocycles. The van der Waals surface area contributed by atoms with Gasteiger partial charge in [-0.3, -0.25) is 9.88 Å². The maximum absolute atomic E-state index is 12.9. The van der Waals surface area contributed by atoms with Gasteiger partial charge >= 0.3 is 0 Å². The van der Waals surface area contributed by atoms with Crippen LogP contribution in [0.2, 0.25) is 0 Å². The van der Waals surface area contributed by atoms with Crippen molar-refractivity contribution in [2.75, 3.05) is 38.2 Å². The largest absolute Gasteiger partial charge is 0.492 e. The molecule has 7 heteroatoms.